The molecule has 1 amide bonds. The van der Waals surface area contributed by atoms with Gasteiger partial charge in [-0.2, -0.15) is 0 Å². The van der Waals surface area contributed by atoms with E-state index in [9.17, 15) is 4.79 Å². The largest absolute Gasteiger partial charge is 0.393 e. The molecule has 102 valence electrons. The number of hydrogen-bond donors (Lipinski definition) is 2. The molecule has 1 aromatic heterocycles. The van der Waals surface area contributed by atoms with Gasteiger partial charge in [0, 0.05) is 18.8 Å². The summed E-state index contributed by atoms with van der Waals surface area (Å²) in [5.41, 5.74) is 0.576. The SMILES string of the molecule is CC(O)CCCNC(=O)c1cc(Cl)cn1C(C)C. The molecule has 0 aliphatic rings. The first-order chi connectivity index (χ1) is 8.41. The molecule has 4 nitrogen and oxygen atoms in total. The first kappa shape index (κ1) is 15.1. The van der Waals surface area contributed by atoms with E-state index in [4.69, 9.17) is 16.7 Å². The lowest BCUT2D eigenvalue weighted by atomic mass is 10.2. The third kappa shape index (κ3) is 4.35. The fourth-order valence-corrected chi connectivity index (χ4v) is 1.95. The number of halogens is 1. The number of aliphatic hydroxyl groups excluding tert-OH is 1. The number of amides is 1. The Labute approximate surface area is 113 Å². The summed E-state index contributed by atoms with van der Waals surface area (Å²) >= 11 is 5.92. The van der Waals surface area contributed by atoms with Gasteiger partial charge in [-0.05, 0) is 39.7 Å². The van der Waals surface area contributed by atoms with Gasteiger partial charge in [0.25, 0.3) is 5.91 Å². The summed E-state index contributed by atoms with van der Waals surface area (Å²) in [5.74, 6) is -0.124. The predicted molar refractivity (Wildman–Crippen MR) is 73.1 cm³/mol. The summed E-state index contributed by atoms with van der Waals surface area (Å²) in [6, 6.07) is 1.86. The normalized spacial score (nSPS) is 12.8. The van der Waals surface area contributed by atoms with Crippen molar-refractivity contribution in [3.05, 3.63) is 23.0 Å². The Balaban J connectivity index is 2.56. The zero-order chi connectivity index (χ0) is 13.7. The van der Waals surface area contributed by atoms with E-state index in [1.54, 1.807) is 19.2 Å². The molecule has 5 heteroatoms. The number of rotatable bonds is 6. The molecular weight excluding hydrogens is 252 g/mol. The highest BCUT2D eigenvalue weighted by atomic mass is 35.5. The molecule has 0 radical (unpaired) electrons. The Morgan fingerprint density at radius 1 is 1.50 bits per heavy atom. The first-order valence-corrected chi connectivity index (χ1v) is 6.63. The van der Waals surface area contributed by atoms with Gasteiger partial charge in [0.05, 0.1) is 11.1 Å². The van der Waals surface area contributed by atoms with Gasteiger partial charge >= 0.3 is 0 Å². The van der Waals surface area contributed by atoms with E-state index in [1.165, 1.54) is 0 Å². The summed E-state index contributed by atoms with van der Waals surface area (Å²) in [4.78, 5) is 12.0. The molecule has 1 rings (SSSR count). The van der Waals surface area contributed by atoms with Crippen molar-refractivity contribution in [1.82, 2.24) is 9.88 Å². The third-order valence-corrected chi connectivity index (χ3v) is 2.90. The molecule has 0 spiro atoms. The van der Waals surface area contributed by atoms with E-state index in [1.807, 2.05) is 18.4 Å². The number of carbonyl (C=O) groups excluding carboxylic acids is 1. The van der Waals surface area contributed by atoms with Crippen LogP contribution < -0.4 is 5.32 Å². The molecule has 0 bridgehead atoms. The highest BCUT2D eigenvalue weighted by Crippen LogP contribution is 2.18. The van der Waals surface area contributed by atoms with Crippen LogP contribution in [-0.2, 0) is 0 Å². The zero-order valence-corrected chi connectivity index (χ0v) is 11.9. The molecule has 2 N–H and O–H groups in total. The van der Waals surface area contributed by atoms with E-state index >= 15 is 0 Å². The molecule has 0 saturated heterocycles. The fourth-order valence-electron chi connectivity index (χ4n) is 1.74. The van der Waals surface area contributed by atoms with Gasteiger partial charge in [-0.3, -0.25) is 4.79 Å². The molecule has 0 fully saturated rings. The third-order valence-electron chi connectivity index (χ3n) is 2.69. The van der Waals surface area contributed by atoms with Crippen molar-refractivity contribution in [2.75, 3.05) is 6.54 Å². The van der Waals surface area contributed by atoms with E-state index in [-0.39, 0.29) is 18.1 Å². The maximum absolute atomic E-state index is 12.0. The molecule has 1 atom stereocenters. The van der Waals surface area contributed by atoms with Gasteiger partial charge in [0.1, 0.15) is 5.69 Å². The Morgan fingerprint density at radius 3 is 2.72 bits per heavy atom. The quantitative estimate of drug-likeness (QED) is 0.782. The minimum Gasteiger partial charge on any atom is -0.393 e. The molecule has 0 aliphatic carbocycles. The van der Waals surface area contributed by atoms with Crippen LogP contribution in [0, 0.1) is 0 Å². The fraction of sp³-hybridized carbons (Fsp3) is 0.615. The van der Waals surface area contributed by atoms with Gasteiger partial charge < -0.3 is 15.0 Å². The topological polar surface area (TPSA) is 54.3 Å². The van der Waals surface area contributed by atoms with Crippen molar-refractivity contribution in [3.63, 3.8) is 0 Å². The van der Waals surface area contributed by atoms with Crippen LogP contribution in [0.1, 0.15) is 50.1 Å². The van der Waals surface area contributed by atoms with Crippen molar-refractivity contribution in [2.24, 2.45) is 0 Å². The van der Waals surface area contributed by atoms with Crippen LogP contribution in [0.15, 0.2) is 12.3 Å². The Kier molecular flexibility index (Phi) is 5.69. The van der Waals surface area contributed by atoms with Crippen LogP contribution in [0.25, 0.3) is 0 Å². The van der Waals surface area contributed by atoms with Crippen LogP contribution in [0.2, 0.25) is 5.02 Å². The van der Waals surface area contributed by atoms with Crippen molar-refractivity contribution < 1.29 is 9.90 Å². The summed E-state index contributed by atoms with van der Waals surface area (Å²) in [5, 5.41) is 12.5. The van der Waals surface area contributed by atoms with Crippen LogP contribution in [0.3, 0.4) is 0 Å². The van der Waals surface area contributed by atoms with Gasteiger partial charge in [-0.15, -0.1) is 0 Å². The van der Waals surface area contributed by atoms with E-state index in [0.717, 1.165) is 6.42 Å². The summed E-state index contributed by atoms with van der Waals surface area (Å²) in [6.07, 6.45) is 2.89. The van der Waals surface area contributed by atoms with Crippen molar-refractivity contribution in [1.29, 1.82) is 0 Å². The zero-order valence-electron chi connectivity index (χ0n) is 11.1. The molecule has 0 aromatic carbocycles. The molecule has 1 unspecified atom stereocenters. The van der Waals surface area contributed by atoms with Crippen LogP contribution in [-0.4, -0.2) is 28.2 Å². The second kappa shape index (κ2) is 6.81. The lowest BCUT2D eigenvalue weighted by molar-refractivity contribution is 0.0939. The predicted octanol–water partition coefficient (Wildman–Crippen LogP) is 2.61. The van der Waals surface area contributed by atoms with E-state index in [0.29, 0.717) is 23.7 Å². The van der Waals surface area contributed by atoms with Crippen molar-refractivity contribution >= 4 is 17.5 Å². The number of aliphatic hydroxyl groups is 1. The maximum Gasteiger partial charge on any atom is 0.267 e. The Morgan fingerprint density at radius 2 is 2.17 bits per heavy atom. The molecule has 18 heavy (non-hydrogen) atoms. The highest BCUT2D eigenvalue weighted by molar-refractivity contribution is 6.31. The van der Waals surface area contributed by atoms with Gasteiger partial charge in [-0.25, -0.2) is 0 Å². The average molecular weight is 273 g/mol. The van der Waals surface area contributed by atoms with Gasteiger partial charge in [0.15, 0.2) is 0 Å². The second-order valence-corrected chi connectivity index (χ2v) is 5.23. The van der Waals surface area contributed by atoms with Crippen molar-refractivity contribution in [3.8, 4) is 0 Å². The minimum absolute atomic E-state index is 0.124. The Bertz CT molecular complexity index is 400. The molecule has 0 aliphatic heterocycles. The molecule has 1 heterocycles. The molecule has 1 aromatic rings. The number of aromatic nitrogens is 1. The summed E-state index contributed by atoms with van der Waals surface area (Å²) < 4.78 is 1.85. The summed E-state index contributed by atoms with van der Waals surface area (Å²) in [7, 11) is 0. The minimum atomic E-state index is -0.323. The van der Waals surface area contributed by atoms with Crippen LogP contribution in [0.5, 0.6) is 0 Å². The standard InChI is InChI=1S/C13H21ClN2O2/c1-9(2)16-8-11(14)7-12(16)13(18)15-6-4-5-10(3)17/h7-10,17H,4-6H2,1-3H3,(H,15,18). The van der Waals surface area contributed by atoms with E-state index in [2.05, 4.69) is 5.32 Å². The highest BCUT2D eigenvalue weighted by Gasteiger charge is 2.14. The average Bonchev–Trinajstić information content (AvgIpc) is 2.66. The Hall–Kier alpha value is -1.00. The van der Waals surface area contributed by atoms with E-state index < -0.39 is 0 Å². The number of nitrogens with zero attached hydrogens (tertiary/aromatic N) is 1. The molecular formula is C13H21ClN2O2. The molecule has 0 saturated carbocycles. The van der Waals surface area contributed by atoms with Gasteiger partial charge in [-0.1, -0.05) is 11.6 Å². The van der Waals surface area contributed by atoms with Gasteiger partial charge in [0.2, 0.25) is 0 Å². The van der Waals surface area contributed by atoms with Crippen LogP contribution in [0.4, 0.5) is 0 Å². The smallest absolute Gasteiger partial charge is 0.267 e. The first-order valence-electron chi connectivity index (χ1n) is 6.25. The van der Waals surface area contributed by atoms with Crippen LogP contribution >= 0.6 is 11.6 Å². The maximum atomic E-state index is 12.0. The summed E-state index contributed by atoms with van der Waals surface area (Å²) in [6.45, 7) is 6.30. The second-order valence-electron chi connectivity index (χ2n) is 4.79. The number of hydrogen-bond acceptors (Lipinski definition) is 2. The monoisotopic (exact) mass is 272 g/mol. The number of nitrogens with one attached hydrogen (secondary N) is 1. The number of carbonyl (C=O) groups is 1. The van der Waals surface area contributed by atoms with Crippen molar-refractivity contribution in [2.45, 2.75) is 45.8 Å². The lowest BCUT2D eigenvalue weighted by Gasteiger charge is -2.12. The lowest BCUT2D eigenvalue weighted by Crippen LogP contribution is -2.27.